The van der Waals surface area contributed by atoms with Crippen molar-refractivity contribution < 1.29 is 18.3 Å². The number of nitrogens with two attached hydrogens (primary N) is 2. The van der Waals surface area contributed by atoms with Gasteiger partial charge in [0.2, 0.25) is 0 Å². The number of halogens is 2. The molecule has 0 aromatic heterocycles. The molecule has 1 rings (SSSR count). The van der Waals surface area contributed by atoms with Crippen molar-refractivity contribution in [2.24, 2.45) is 11.5 Å². The maximum absolute atomic E-state index is 13.6. The Morgan fingerprint density at radius 1 is 1.39 bits per heavy atom. The number of ether oxygens (including phenoxy) is 1. The second-order valence-electron chi connectivity index (χ2n) is 4.02. The number of rotatable bonds is 6. The lowest BCUT2D eigenvalue weighted by Gasteiger charge is -2.11. The van der Waals surface area contributed by atoms with Crippen LogP contribution in [0.4, 0.5) is 8.78 Å². The van der Waals surface area contributed by atoms with Crippen LogP contribution in [0.25, 0.3) is 0 Å². The monoisotopic (exact) mass is 258 g/mol. The van der Waals surface area contributed by atoms with Crippen molar-refractivity contribution in [3.05, 3.63) is 29.3 Å². The number of primary amides is 1. The van der Waals surface area contributed by atoms with Gasteiger partial charge in [-0.3, -0.25) is 4.79 Å². The number of carbonyl (C=O) groups excluding carboxylic acids is 1. The topological polar surface area (TPSA) is 78.3 Å². The molecular formula is C12H16F2N2O2. The lowest BCUT2D eigenvalue weighted by Crippen LogP contribution is -2.22. The maximum atomic E-state index is 13.6. The highest BCUT2D eigenvalue weighted by Gasteiger charge is 2.14. The van der Waals surface area contributed by atoms with E-state index in [1.54, 1.807) is 0 Å². The van der Waals surface area contributed by atoms with E-state index in [1.165, 1.54) is 0 Å². The van der Waals surface area contributed by atoms with Crippen molar-refractivity contribution in [3.8, 4) is 5.75 Å². The maximum Gasteiger partial charge on any atom is 0.255 e. The van der Waals surface area contributed by atoms with Gasteiger partial charge in [-0.2, -0.15) is 0 Å². The third-order valence-electron chi connectivity index (χ3n) is 2.44. The van der Waals surface area contributed by atoms with Crippen LogP contribution in [0.5, 0.6) is 5.75 Å². The lowest BCUT2D eigenvalue weighted by molar-refractivity contribution is -0.120. The Bertz CT molecular complexity index is 415. The van der Waals surface area contributed by atoms with E-state index in [4.69, 9.17) is 11.5 Å². The Balaban J connectivity index is 2.86. The van der Waals surface area contributed by atoms with E-state index < -0.39 is 29.9 Å². The molecule has 4 N–H and O–H groups in total. The number of carbonyl (C=O) groups is 1. The van der Waals surface area contributed by atoms with Crippen LogP contribution in [-0.4, -0.2) is 18.6 Å². The molecule has 0 fully saturated rings. The first-order chi connectivity index (χ1) is 8.43. The van der Waals surface area contributed by atoms with Crippen molar-refractivity contribution >= 4 is 5.91 Å². The molecule has 0 saturated carbocycles. The van der Waals surface area contributed by atoms with Gasteiger partial charge in [-0.25, -0.2) is 8.78 Å². The molecule has 1 aromatic carbocycles. The molecule has 6 heteroatoms. The lowest BCUT2D eigenvalue weighted by atomic mass is 10.0. The summed E-state index contributed by atoms with van der Waals surface area (Å²) in [6, 6.07) is 2.14. The number of hydrogen-bond donors (Lipinski definition) is 2. The van der Waals surface area contributed by atoms with Gasteiger partial charge in [0.25, 0.3) is 5.91 Å². The summed E-state index contributed by atoms with van der Waals surface area (Å²) in [6.45, 7) is 1.32. The standard InChI is InChI=1S/C12H16F2N2O2/c1-2-8(15)3-7-4-9(13)12(10(14)5-7)18-6-11(16)17/h4-5,8H,2-3,6,15H2,1H3,(H2,16,17). The smallest absolute Gasteiger partial charge is 0.255 e. The van der Waals surface area contributed by atoms with Gasteiger partial charge in [-0.1, -0.05) is 6.92 Å². The Morgan fingerprint density at radius 2 is 1.94 bits per heavy atom. The van der Waals surface area contributed by atoms with Gasteiger partial charge >= 0.3 is 0 Å². The minimum Gasteiger partial charge on any atom is -0.478 e. The van der Waals surface area contributed by atoms with Crippen molar-refractivity contribution in [2.45, 2.75) is 25.8 Å². The van der Waals surface area contributed by atoms with Gasteiger partial charge in [-0.15, -0.1) is 0 Å². The van der Waals surface area contributed by atoms with E-state index >= 15 is 0 Å². The van der Waals surface area contributed by atoms with Crippen molar-refractivity contribution in [2.75, 3.05) is 6.61 Å². The molecule has 0 spiro atoms. The Morgan fingerprint density at radius 3 is 2.39 bits per heavy atom. The molecule has 1 unspecified atom stereocenters. The summed E-state index contributed by atoms with van der Waals surface area (Å²) in [6.07, 6.45) is 1.09. The van der Waals surface area contributed by atoms with Gasteiger partial charge in [-0.05, 0) is 30.5 Å². The molecule has 0 saturated heterocycles. The van der Waals surface area contributed by atoms with E-state index in [0.717, 1.165) is 12.1 Å². The largest absolute Gasteiger partial charge is 0.478 e. The molecule has 0 aliphatic carbocycles. The van der Waals surface area contributed by atoms with Crippen LogP contribution in [0.1, 0.15) is 18.9 Å². The molecule has 1 atom stereocenters. The fourth-order valence-electron chi connectivity index (χ4n) is 1.46. The van der Waals surface area contributed by atoms with Crippen molar-refractivity contribution in [1.29, 1.82) is 0 Å². The number of amides is 1. The first-order valence-corrected chi connectivity index (χ1v) is 5.58. The molecular weight excluding hydrogens is 242 g/mol. The third kappa shape index (κ3) is 3.96. The van der Waals surface area contributed by atoms with Crippen LogP contribution in [-0.2, 0) is 11.2 Å². The quantitative estimate of drug-likeness (QED) is 0.802. The average Bonchev–Trinajstić information content (AvgIpc) is 2.27. The van der Waals surface area contributed by atoms with Crippen LogP contribution in [0, 0.1) is 11.6 Å². The molecule has 4 nitrogen and oxygen atoms in total. The SMILES string of the molecule is CCC(N)Cc1cc(F)c(OCC(N)=O)c(F)c1. The minimum atomic E-state index is -0.866. The fourth-order valence-corrected chi connectivity index (χ4v) is 1.46. The molecule has 0 bridgehead atoms. The van der Waals surface area contributed by atoms with Gasteiger partial charge in [0.15, 0.2) is 24.0 Å². The van der Waals surface area contributed by atoms with Crippen LogP contribution in [0.3, 0.4) is 0 Å². The van der Waals surface area contributed by atoms with Crippen LogP contribution in [0.2, 0.25) is 0 Å². The van der Waals surface area contributed by atoms with E-state index in [1.807, 2.05) is 6.92 Å². The molecule has 100 valence electrons. The summed E-state index contributed by atoms with van der Waals surface area (Å²) in [5, 5.41) is 0. The zero-order chi connectivity index (χ0) is 13.7. The first kappa shape index (κ1) is 14.4. The Kier molecular flexibility index (Phi) is 5.03. The van der Waals surface area contributed by atoms with Crippen molar-refractivity contribution in [3.63, 3.8) is 0 Å². The minimum absolute atomic E-state index is 0.152. The molecule has 0 aliphatic heterocycles. The molecule has 18 heavy (non-hydrogen) atoms. The summed E-state index contributed by atoms with van der Waals surface area (Å²) in [4.78, 5) is 10.5. The highest BCUT2D eigenvalue weighted by atomic mass is 19.1. The van der Waals surface area contributed by atoms with Crippen LogP contribution in [0.15, 0.2) is 12.1 Å². The zero-order valence-corrected chi connectivity index (χ0v) is 10.1. The second-order valence-corrected chi connectivity index (χ2v) is 4.02. The summed E-state index contributed by atoms with van der Waals surface area (Å²) in [7, 11) is 0. The highest BCUT2D eigenvalue weighted by molar-refractivity contribution is 5.75. The predicted octanol–water partition coefficient (Wildman–Crippen LogP) is 1.11. The Hall–Kier alpha value is -1.69. The van der Waals surface area contributed by atoms with E-state index in [9.17, 15) is 13.6 Å². The number of hydrogen-bond acceptors (Lipinski definition) is 3. The molecule has 0 aliphatic rings. The third-order valence-corrected chi connectivity index (χ3v) is 2.44. The van der Waals surface area contributed by atoms with E-state index in [2.05, 4.69) is 4.74 Å². The molecule has 1 aromatic rings. The van der Waals surface area contributed by atoms with Crippen LogP contribution < -0.4 is 16.2 Å². The normalized spacial score (nSPS) is 12.2. The van der Waals surface area contributed by atoms with E-state index in [-0.39, 0.29) is 6.04 Å². The average molecular weight is 258 g/mol. The summed E-state index contributed by atoms with van der Waals surface area (Å²) >= 11 is 0. The molecule has 1 amide bonds. The summed E-state index contributed by atoms with van der Waals surface area (Å²) in [5.74, 6) is -3.13. The van der Waals surface area contributed by atoms with E-state index in [0.29, 0.717) is 18.4 Å². The van der Waals surface area contributed by atoms with Gasteiger partial charge in [0.05, 0.1) is 0 Å². The zero-order valence-electron chi connectivity index (χ0n) is 10.1. The van der Waals surface area contributed by atoms with Crippen molar-refractivity contribution in [1.82, 2.24) is 0 Å². The van der Waals surface area contributed by atoms with Gasteiger partial charge in [0, 0.05) is 6.04 Å². The van der Waals surface area contributed by atoms with Crippen LogP contribution >= 0.6 is 0 Å². The van der Waals surface area contributed by atoms with Gasteiger partial charge in [0.1, 0.15) is 0 Å². The number of benzene rings is 1. The first-order valence-electron chi connectivity index (χ1n) is 5.58. The molecule has 0 radical (unpaired) electrons. The highest BCUT2D eigenvalue weighted by Crippen LogP contribution is 2.24. The van der Waals surface area contributed by atoms with Gasteiger partial charge < -0.3 is 16.2 Å². The Labute approximate surface area is 104 Å². The summed E-state index contributed by atoms with van der Waals surface area (Å²) in [5.41, 5.74) is 11.0. The second kappa shape index (κ2) is 6.30. The summed E-state index contributed by atoms with van der Waals surface area (Å²) < 4.78 is 31.8. The predicted molar refractivity (Wildman–Crippen MR) is 63.0 cm³/mol. The molecule has 0 heterocycles. The fraction of sp³-hybridized carbons (Fsp3) is 0.417.